The van der Waals surface area contributed by atoms with E-state index in [0.29, 0.717) is 17.1 Å². The predicted molar refractivity (Wildman–Crippen MR) is 98.5 cm³/mol. The number of thiophene rings is 1. The molecule has 2 rings (SSSR count). The second kappa shape index (κ2) is 8.98. The number of hydrogen-bond acceptors (Lipinski definition) is 4. The molecule has 0 saturated carbocycles. The first-order valence-corrected chi connectivity index (χ1v) is 8.76. The molecule has 3 amide bonds. The number of nitrogens with one attached hydrogen (secondary N) is 2. The second-order valence-electron chi connectivity index (χ2n) is 5.56. The third kappa shape index (κ3) is 5.72. The lowest BCUT2D eigenvalue weighted by Crippen LogP contribution is -2.27. The van der Waals surface area contributed by atoms with E-state index in [2.05, 4.69) is 10.6 Å². The summed E-state index contributed by atoms with van der Waals surface area (Å²) in [6.07, 6.45) is 0.175. The van der Waals surface area contributed by atoms with Crippen molar-refractivity contribution in [2.24, 2.45) is 0 Å². The summed E-state index contributed by atoms with van der Waals surface area (Å²) < 4.78 is 0. The number of benzene rings is 1. The Balaban J connectivity index is 1.86. The fourth-order valence-electron chi connectivity index (χ4n) is 2.14. The van der Waals surface area contributed by atoms with Crippen molar-refractivity contribution in [3.63, 3.8) is 0 Å². The molecule has 0 unspecified atom stereocenters. The third-order valence-corrected chi connectivity index (χ3v) is 4.49. The van der Waals surface area contributed by atoms with E-state index in [4.69, 9.17) is 0 Å². The van der Waals surface area contributed by atoms with Crippen LogP contribution in [0.25, 0.3) is 0 Å². The summed E-state index contributed by atoms with van der Waals surface area (Å²) in [5.41, 5.74) is 1.53. The zero-order valence-electron chi connectivity index (χ0n) is 14.2. The molecule has 0 aliphatic carbocycles. The second-order valence-corrected chi connectivity index (χ2v) is 6.51. The van der Waals surface area contributed by atoms with Gasteiger partial charge in [0.2, 0.25) is 11.8 Å². The summed E-state index contributed by atoms with van der Waals surface area (Å²) in [5, 5.41) is 7.39. The van der Waals surface area contributed by atoms with Crippen molar-refractivity contribution in [2.75, 3.05) is 18.9 Å². The lowest BCUT2D eigenvalue weighted by Gasteiger charge is -2.18. The Hall–Kier alpha value is -2.67. The first-order valence-electron chi connectivity index (χ1n) is 7.88. The maximum atomic E-state index is 12.1. The van der Waals surface area contributed by atoms with Crippen molar-refractivity contribution in [3.8, 4) is 0 Å². The van der Waals surface area contributed by atoms with Gasteiger partial charge in [0.05, 0.1) is 4.88 Å². The maximum Gasteiger partial charge on any atom is 0.261 e. The molecular weight excluding hydrogens is 338 g/mol. The smallest absolute Gasteiger partial charge is 0.261 e. The number of nitrogens with zero attached hydrogens (tertiary/aromatic N) is 1. The Labute approximate surface area is 150 Å². The van der Waals surface area contributed by atoms with Gasteiger partial charge in [-0.05, 0) is 23.1 Å². The van der Waals surface area contributed by atoms with Gasteiger partial charge in [-0.1, -0.05) is 24.3 Å². The van der Waals surface area contributed by atoms with Gasteiger partial charge in [0, 0.05) is 39.2 Å². The highest BCUT2D eigenvalue weighted by molar-refractivity contribution is 7.12. The van der Waals surface area contributed by atoms with E-state index in [9.17, 15) is 14.4 Å². The van der Waals surface area contributed by atoms with Crippen LogP contribution in [0.4, 0.5) is 5.69 Å². The summed E-state index contributed by atoms with van der Waals surface area (Å²) in [5.74, 6) is -0.409. The van der Waals surface area contributed by atoms with E-state index >= 15 is 0 Å². The molecule has 1 heterocycles. The van der Waals surface area contributed by atoms with Gasteiger partial charge in [0.15, 0.2) is 0 Å². The summed E-state index contributed by atoms with van der Waals surface area (Å²) in [6.45, 7) is 2.18. The van der Waals surface area contributed by atoms with Crippen molar-refractivity contribution in [1.82, 2.24) is 10.2 Å². The number of carbonyl (C=O) groups excluding carboxylic acids is 3. The van der Waals surface area contributed by atoms with Gasteiger partial charge in [-0.3, -0.25) is 14.4 Å². The molecular formula is C18H21N3O3S. The highest BCUT2D eigenvalue weighted by atomic mass is 32.1. The van der Waals surface area contributed by atoms with Gasteiger partial charge < -0.3 is 15.5 Å². The van der Waals surface area contributed by atoms with Gasteiger partial charge in [-0.2, -0.15) is 0 Å². The molecule has 25 heavy (non-hydrogen) atoms. The Kier molecular flexibility index (Phi) is 6.71. The Morgan fingerprint density at radius 1 is 1.12 bits per heavy atom. The first-order chi connectivity index (χ1) is 12.0. The zero-order valence-corrected chi connectivity index (χ0v) is 15.1. The minimum atomic E-state index is -0.190. The lowest BCUT2D eigenvalue weighted by atomic mass is 10.1. The van der Waals surface area contributed by atoms with Crippen LogP contribution in [0.3, 0.4) is 0 Å². The molecule has 0 aliphatic rings. The normalized spacial score (nSPS) is 10.2. The number of rotatable bonds is 7. The molecule has 2 N–H and O–H groups in total. The summed E-state index contributed by atoms with van der Waals surface area (Å²) in [7, 11) is 1.71. The van der Waals surface area contributed by atoms with Crippen LogP contribution in [0, 0.1) is 0 Å². The average Bonchev–Trinajstić information content (AvgIpc) is 3.11. The Morgan fingerprint density at radius 3 is 2.56 bits per heavy atom. The van der Waals surface area contributed by atoms with E-state index in [1.165, 1.54) is 18.3 Å². The highest BCUT2D eigenvalue weighted by Crippen LogP contribution is 2.17. The van der Waals surface area contributed by atoms with Crippen molar-refractivity contribution < 1.29 is 14.4 Å². The van der Waals surface area contributed by atoms with Crippen LogP contribution >= 0.6 is 11.3 Å². The fraction of sp³-hybridized carbons (Fsp3) is 0.278. The molecule has 1 aromatic heterocycles. The zero-order chi connectivity index (χ0) is 18.2. The Morgan fingerprint density at radius 2 is 1.88 bits per heavy atom. The number of para-hydroxylation sites is 1. The van der Waals surface area contributed by atoms with E-state index in [0.717, 1.165) is 5.56 Å². The monoisotopic (exact) mass is 359 g/mol. The Bertz CT molecular complexity index is 744. The van der Waals surface area contributed by atoms with E-state index < -0.39 is 0 Å². The van der Waals surface area contributed by atoms with E-state index in [-0.39, 0.29) is 30.7 Å². The van der Waals surface area contributed by atoms with Crippen LogP contribution in [-0.2, 0) is 16.1 Å². The molecule has 7 heteroatoms. The third-order valence-electron chi connectivity index (χ3n) is 3.62. The molecule has 0 fully saturated rings. The van der Waals surface area contributed by atoms with E-state index in [1.807, 2.05) is 23.6 Å². The van der Waals surface area contributed by atoms with Crippen LogP contribution in [-0.4, -0.2) is 36.2 Å². The molecule has 132 valence electrons. The van der Waals surface area contributed by atoms with Crippen LogP contribution in [0.1, 0.15) is 28.6 Å². The summed E-state index contributed by atoms with van der Waals surface area (Å²) in [6, 6.07) is 10.9. The molecule has 0 radical (unpaired) electrons. The molecule has 6 nitrogen and oxygen atoms in total. The topological polar surface area (TPSA) is 78.5 Å². The largest absolute Gasteiger partial charge is 0.351 e. The number of anilines is 1. The van der Waals surface area contributed by atoms with Crippen molar-refractivity contribution in [3.05, 3.63) is 52.2 Å². The van der Waals surface area contributed by atoms with Crippen LogP contribution in [0.15, 0.2) is 41.8 Å². The van der Waals surface area contributed by atoms with Crippen LogP contribution in [0.5, 0.6) is 0 Å². The quantitative estimate of drug-likeness (QED) is 0.797. The first kappa shape index (κ1) is 18.7. The lowest BCUT2D eigenvalue weighted by molar-refractivity contribution is -0.128. The SMILES string of the molecule is CC(=O)N(C)Cc1ccccc1NC(=O)CCNC(=O)c1cccs1. The standard InChI is InChI=1S/C18H21N3O3S/c1-13(22)21(2)12-14-6-3-4-7-15(14)20-17(23)9-10-19-18(24)16-8-5-11-25-16/h3-8,11H,9-10,12H2,1-2H3,(H,19,24)(H,20,23). The molecule has 0 atom stereocenters. The van der Waals surface area contributed by atoms with Crippen LogP contribution < -0.4 is 10.6 Å². The van der Waals surface area contributed by atoms with Crippen molar-refractivity contribution in [1.29, 1.82) is 0 Å². The van der Waals surface area contributed by atoms with Crippen LogP contribution in [0.2, 0.25) is 0 Å². The molecule has 0 saturated heterocycles. The van der Waals surface area contributed by atoms with Gasteiger partial charge >= 0.3 is 0 Å². The number of amides is 3. The van der Waals surface area contributed by atoms with Gasteiger partial charge in [0.25, 0.3) is 5.91 Å². The van der Waals surface area contributed by atoms with Crippen molar-refractivity contribution >= 4 is 34.7 Å². The molecule has 2 aromatic rings. The highest BCUT2D eigenvalue weighted by Gasteiger charge is 2.11. The molecule has 0 bridgehead atoms. The van der Waals surface area contributed by atoms with Crippen molar-refractivity contribution in [2.45, 2.75) is 19.9 Å². The van der Waals surface area contributed by atoms with Gasteiger partial charge in [0.1, 0.15) is 0 Å². The minimum Gasteiger partial charge on any atom is -0.351 e. The average molecular weight is 359 g/mol. The number of hydrogen-bond donors (Lipinski definition) is 2. The van der Waals surface area contributed by atoms with Gasteiger partial charge in [-0.15, -0.1) is 11.3 Å². The fourth-order valence-corrected chi connectivity index (χ4v) is 2.78. The van der Waals surface area contributed by atoms with Gasteiger partial charge in [-0.25, -0.2) is 0 Å². The maximum absolute atomic E-state index is 12.1. The van der Waals surface area contributed by atoms with E-state index in [1.54, 1.807) is 30.1 Å². The summed E-state index contributed by atoms with van der Waals surface area (Å²) >= 11 is 1.36. The summed E-state index contributed by atoms with van der Waals surface area (Å²) in [4.78, 5) is 37.5. The molecule has 1 aromatic carbocycles. The predicted octanol–water partition coefficient (Wildman–Crippen LogP) is 2.49. The minimum absolute atomic E-state index is 0.0441. The number of carbonyl (C=O) groups is 3. The molecule has 0 spiro atoms. The molecule has 0 aliphatic heterocycles.